The minimum Gasteiger partial charge on any atom is -0.364 e. The van der Waals surface area contributed by atoms with Crippen LogP contribution in [0.2, 0.25) is 0 Å². The molecule has 1 N–H and O–H groups in total. The highest BCUT2D eigenvalue weighted by Crippen LogP contribution is 2.32. The van der Waals surface area contributed by atoms with Gasteiger partial charge in [-0.1, -0.05) is 11.6 Å². The second-order valence-corrected chi connectivity index (χ2v) is 5.75. The molecule has 1 aliphatic heterocycles. The Kier molecular flexibility index (Phi) is 4.29. The zero-order chi connectivity index (χ0) is 15.5. The second-order valence-electron chi connectivity index (χ2n) is 5.75. The number of amides is 1. The molecular weight excluding hydrogens is 280 g/mol. The van der Waals surface area contributed by atoms with E-state index in [0.717, 1.165) is 25.2 Å². The molecule has 1 atom stereocenters. The summed E-state index contributed by atoms with van der Waals surface area (Å²) >= 11 is 0. The number of aromatic nitrogens is 2. The van der Waals surface area contributed by atoms with Crippen LogP contribution in [0.3, 0.4) is 0 Å². The number of carbonyl (C=O) groups excluding carboxylic acids is 1. The molecule has 1 saturated heterocycles. The van der Waals surface area contributed by atoms with Crippen LogP contribution >= 0.6 is 0 Å². The minimum absolute atomic E-state index is 0.0485. The Morgan fingerprint density at radius 1 is 1.41 bits per heavy atom. The number of rotatable bonds is 4. The van der Waals surface area contributed by atoms with Gasteiger partial charge in [0.15, 0.2) is 0 Å². The first-order valence-electron chi connectivity index (χ1n) is 7.71. The van der Waals surface area contributed by atoms with Crippen molar-refractivity contribution in [2.75, 3.05) is 13.6 Å². The maximum Gasteiger partial charge on any atom is 0.267 e. The maximum absolute atomic E-state index is 11.9. The largest absolute Gasteiger partial charge is 0.364 e. The molecule has 2 aromatic heterocycles. The highest BCUT2D eigenvalue weighted by Gasteiger charge is 2.27. The molecule has 6 heteroatoms. The minimum atomic E-state index is -0.0485. The molecule has 22 heavy (non-hydrogen) atoms. The van der Waals surface area contributed by atoms with Gasteiger partial charge >= 0.3 is 0 Å². The highest BCUT2D eigenvalue weighted by molar-refractivity contribution is 5.92. The fourth-order valence-electron chi connectivity index (χ4n) is 3.26. The Labute approximate surface area is 130 Å². The Morgan fingerprint density at radius 3 is 3.00 bits per heavy atom. The van der Waals surface area contributed by atoms with E-state index in [9.17, 15) is 4.79 Å². The van der Waals surface area contributed by atoms with Gasteiger partial charge in [0.1, 0.15) is 12.0 Å². The molecular formula is C16H22N4O2. The van der Waals surface area contributed by atoms with E-state index in [2.05, 4.69) is 21.4 Å². The maximum atomic E-state index is 11.9. The average Bonchev–Trinajstić information content (AvgIpc) is 3.17. The zero-order valence-electron chi connectivity index (χ0n) is 13.1. The van der Waals surface area contributed by atoms with Crippen LogP contribution in [0.1, 0.15) is 47.2 Å². The van der Waals surface area contributed by atoms with Gasteiger partial charge in [-0.25, -0.2) is 0 Å². The van der Waals surface area contributed by atoms with E-state index >= 15 is 0 Å². The molecule has 1 aliphatic rings. The van der Waals surface area contributed by atoms with E-state index < -0.39 is 0 Å². The molecule has 0 unspecified atom stereocenters. The Morgan fingerprint density at radius 2 is 2.27 bits per heavy atom. The number of piperidine rings is 1. The van der Waals surface area contributed by atoms with Gasteiger partial charge in [0.05, 0.1) is 11.7 Å². The first-order valence-corrected chi connectivity index (χ1v) is 7.71. The van der Waals surface area contributed by atoms with Crippen LogP contribution in [0.15, 0.2) is 29.0 Å². The lowest BCUT2D eigenvalue weighted by atomic mass is 9.99. The fraction of sp³-hybridized carbons (Fsp3) is 0.500. The molecule has 3 rings (SSSR count). The summed E-state index contributed by atoms with van der Waals surface area (Å²) in [5.41, 5.74) is 2.83. The molecule has 6 nitrogen and oxygen atoms in total. The van der Waals surface area contributed by atoms with Gasteiger partial charge in [-0.3, -0.25) is 9.69 Å². The van der Waals surface area contributed by atoms with Crippen molar-refractivity contribution in [3.05, 3.63) is 41.5 Å². The number of hydrogen-bond donors (Lipinski definition) is 1. The van der Waals surface area contributed by atoms with E-state index in [1.54, 1.807) is 13.3 Å². The lowest BCUT2D eigenvalue weighted by Crippen LogP contribution is -2.34. The van der Waals surface area contributed by atoms with Crippen molar-refractivity contribution in [3.8, 4) is 0 Å². The van der Waals surface area contributed by atoms with Crippen LogP contribution < -0.4 is 5.32 Å². The number of nitrogens with one attached hydrogen (secondary N) is 1. The SMILES string of the molecule is CNC(=O)c1ccc([C@@H]2CCCCN2Cc2ccon2)n1C. The second kappa shape index (κ2) is 6.36. The first-order chi connectivity index (χ1) is 10.7. The topological polar surface area (TPSA) is 63.3 Å². The molecule has 0 aromatic carbocycles. The van der Waals surface area contributed by atoms with E-state index in [1.807, 2.05) is 23.7 Å². The van der Waals surface area contributed by atoms with E-state index in [1.165, 1.54) is 18.5 Å². The zero-order valence-corrected chi connectivity index (χ0v) is 13.1. The van der Waals surface area contributed by atoms with Crippen LogP contribution in [0.5, 0.6) is 0 Å². The molecule has 0 saturated carbocycles. The lowest BCUT2D eigenvalue weighted by molar-refractivity contribution is 0.0952. The summed E-state index contributed by atoms with van der Waals surface area (Å²) in [7, 11) is 3.62. The molecule has 1 amide bonds. The van der Waals surface area contributed by atoms with Crippen LogP contribution in [-0.4, -0.2) is 34.1 Å². The molecule has 3 heterocycles. The van der Waals surface area contributed by atoms with Crippen molar-refractivity contribution in [2.45, 2.75) is 31.8 Å². The summed E-state index contributed by atoms with van der Waals surface area (Å²) in [6, 6.07) is 6.19. The normalized spacial score (nSPS) is 19.3. The fourth-order valence-corrected chi connectivity index (χ4v) is 3.26. The molecule has 0 aliphatic carbocycles. The standard InChI is InChI=1S/C16H22N4O2/c1-17-16(21)15-7-6-13(19(15)2)14-5-3-4-9-20(14)11-12-8-10-22-18-12/h6-8,10,14H,3-5,9,11H2,1-2H3,(H,17,21)/t14-/m0/s1. The summed E-state index contributed by atoms with van der Waals surface area (Å²) in [4.78, 5) is 14.3. The quantitative estimate of drug-likeness (QED) is 0.939. The van der Waals surface area contributed by atoms with Gasteiger partial charge in [-0.05, 0) is 31.5 Å². The van der Waals surface area contributed by atoms with E-state index in [-0.39, 0.29) is 5.91 Å². The molecule has 0 spiro atoms. The number of carbonyl (C=O) groups is 1. The lowest BCUT2D eigenvalue weighted by Gasteiger charge is -2.35. The third-order valence-corrected chi connectivity index (χ3v) is 4.43. The predicted molar refractivity (Wildman–Crippen MR) is 82.3 cm³/mol. The molecule has 2 aromatic rings. The Bertz CT molecular complexity index is 633. The van der Waals surface area contributed by atoms with Gasteiger partial charge in [0.25, 0.3) is 5.91 Å². The summed E-state index contributed by atoms with van der Waals surface area (Å²) in [6.07, 6.45) is 5.12. The average molecular weight is 302 g/mol. The van der Waals surface area contributed by atoms with Gasteiger partial charge in [0, 0.05) is 32.4 Å². The van der Waals surface area contributed by atoms with Crippen molar-refractivity contribution >= 4 is 5.91 Å². The summed E-state index contributed by atoms with van der Waals surface area (Å²) < 4.78 is 6.94. The van der Waals surface area contributed by atoms with Gasteiger partial charge in [0.2, 0.25) is 0 Å². The van der Waals surface area contributed by atoms with E-state index in [0.29, 0.717) is 11.7 Å². The third kappa shape index (κ3) is 2.78. The van der Waals surface area contributed by atoms with Crippen LogP contribution in [0.4, 0.5) is 0 Å². The van der Waals surface area contributed by atoms with Gasteiger partial charge in [-0.15, -0.1) is 0 Å². The molecule has 0 bridgehead atoms. The smallest absolute Gasteiger partial charge is 0.267 e. The third-order valence-electron chi connectivity index (χ3n) is 4.43. The number of nitrogens with zero attached hydrogens (tertiary/aromatic N) is 3. The first kappa shape index (κ1) is 14.8. The van der Waals surface area contributed by atoms with Gasteiger partial charge < -0.3 is 14.4 Å². The summed E-state index contributed by atoms with van der Waals surface area (Å²) in [5.74, 6) is -0.0485. The van der Waals surface area contributed by atoms with Crippen molar-refractivity contribution in [3.63, 3.8) is 0 Å². The number of hydrogen-bond acceptors (Lipinski definition) is 4. The predicted octanol–water partition coefficient (Wildman–Crippen LogP) is 2.10. The van der Waals surface area contributed by atoms with E-state index in [4.69, 9.17) is 4.52 Å². The highest BCUT2D eigenvalue weighted by atomic mass is 16.5. The summed E-state index contributed by atoms with van der Waals surface area (Å²) in [6.45, 7) is 1.82. The van der Waals surface area contributed by atoms with Crippen molar-refractivity contribution in [1.82, 2.24) is 19.9 Å². The van der Waals surface area contributed by atoms with Crippen molar-refractivity contribution < 1.29 is 9.32 Å². The van der Waals surface area contributed by atoms with Crippen LogP contribution in [0, 0.1) is 0 Å². The number of likely N-dealkylation sites (tertiary alicyclic amines) is 1. The summed E-state index contributed by atoms with van der Waals surface area (Å²) in [5, 5.41) is 6.71. The van der Waals surface area contributed by atoms with Crippen LogP contribution in [0.25, 0.3) is 0 Å². The molecule has 118 valence electrons. The molecule has 1 fully saturated rings. The monoisotopic (exact) mass is 302 g/mol. The van der Waals surface area contributed by atoms with Gasteiger partial charge in [-0.2, -0.15) is 0 Å². The molecule has 0 radical (unpaired) electrons. The van der Waals surface area contributed by atoms with Crippen LogP contribution in [-0.2, 0) is 13.6 Å². The van der Waals surface area contributed by atoms with Crippen molar-refractivity contribution in [2.24, 2.45) is 7.05 Å². The Balaban J connectivity index is 1.84. The Hall–Kier alpha value is -2.08. The van der Waals surface area contributed by atoms with Crippen molar-refractivity contribution in [1.29, 1.82) is 0 Å².